The number of carbonyl (C=O) groups is 2. The highest BCUT2D eigenvalue weighted by Crippen LogP contribution is 2.15. The van der Waals surface area contributed by atoms with E-state index in [4.69, 9.17) is 4.74 Å². The van der Waals surface area contributed by atoms with E-state index in [1.807, 2.05) is 0 Å². The van der Waals surface area contributed by atoms with Crippen molar-refractivity contribution < 1.29 is 19.4 Å². The summed E-state index contributed by atoms with van der Waals surface area (Å²) in [6, 6.07) is -0.860. The fourth-order valence-electron chi connectivity index (χ4n) is 2.08. The Balaban J connectivity index is 2.65. The highest BCUT2D eigenvalue weighted by molar-refractivity contribution is 7.13. The average Bonchev–Trinajstić information content (AvgIpc) is 3.06. The number of hydrogen-bond donors (Lipinski definition) is 3. The van der Waals surface area contributed by atoms with Gasteiger partial charge in [-0.1, -0.05) is 6.92 Å². The van der Waals surface area contributed by atoms with Crippen molar-refractivity contribution >= 4 is 28.5 Å². The number of aromatic nitrogens is 1. The lowest BCUT2D eigenvalue weighted by atomic mass is 9.97. The molecule has 0 radical (unpaired) electrons. The van der Waals surface area contributed by atoms with Gasteiger partial charge < -0.3 is 25.5 Å². The summed E-state index contributed by atoms with van der Waals surface area (Å²) in [4.78, 5) is 38.8. The number of carbonyl (C=O) groups excluding carboxylic acids is 2. The van der Waals surface area contributed by atoms with Gasteiger partial charge in [0.25, 0.3) is 0 Å². The first-order valence-electron chi connectivity index (χ1n) is 8.51. The Bertz CT molecular complexity index is 675. The van der Waals surface area contributed by atoms with E-state index in [9.17, 15) is 19.7 Å². The second kappa shape index (κ2) is 11.2. The van der Waals surface area contributed by atoms with Crippen LogP contribution in [0.1, 0.15) is 34.1 Å². The van der Waals surface area contributed by atoms with Crippen LogP contribution in [0.25, 0.3) is 0 Å². The van der Waals surface area contributed by atoms with Crippen LogP contribution in [-0.4, -0.2) is 46.9 Å². The van der Waals surface area contributed by atoms with Crippen LogP contribution in [-0.2, 0) is 9.53 Å². The first-order valence-corrected chi connectivity index (χ1v) is 9.39. The van der Waals surface area contributed by atoms with Gasteiger partial charge in [-0.05, 0) is 39.7 Å². The van der Waals surface area contributed by atoms with Gasteiger partial charge >= 0.3 is 6.09 Å². The predicted molar refractivity (Wildman–Crippen MR) is 102 cm³/mol. The standard InChI is InChI=1S/C15H25N7O5S/c1-10(5-6-16-9-18-21-22(25)26)11(19-14(24)27-15(2,3)4)12(23)20-13-17-7-8-28-13/h7-8,10-11,16H,5-6,9H2,1-4H3,(H,19,24)(H,17,20,23)/b21-18+/t10-,11+/m1/s1. The zero-order chi connectivity index (χ0) is 21.2. The van der Waals surface area contributed by atoms with E-state index in [2.05, 4.69) is 31.3 Å². The number of alkyl carbamates (subject to hydrolysis) is 1. The first-order chi connectivity index (χ1) is 13.1. The molecule has 0 fully saturated rings. The lowest BCUT2D eigenvalue weighted by Crippen LogP contribution is -2.49. The van der Waals surface area contributed by atoms with Crippen molar-refractivity contribution in [1.29, 1.82) is 0 Å². The predicted octanol–water partition coefficient (Wildman–Crippen LogP) is 2.19. The Hall–Kier alpha value is -2.67. The minimum atomic E-state index is -0.895. The number of anilines is 1. The molecule has 1 rings (SSSR count). The van der Waals surface area contributed by atoms with Gasteiger partial charge in [0.15, 0.2) is 10.4 Å². The van der Waals surface area contributed by atoms with Crippen molar-refractivity contribution in [3.05, 3.63) is 21.7 Å². The fourth-order valence-corrected chi connectivity index (χ4v) is 2.61. The quantitative estimate of drug-likeness (QED) is 0.228. The number of ether oxygens (including phenoxy) is 1. The fraction of sp³-hybridized carbons (Fsp3) is 0.667. The van der Waals surface area contributed by atoms with E-state index in [0.717, 1.165) is 0 Å². The third kappa shape index (κ3) is 9.87. The van der Waals surface area contributed by atoms with Crippen LogP contribution in [0.4, 0.5) is 9.93 Å². The minimum absolute atomic E-state index is 0.0246. The van der Waals surface area contributed by atoms with E-state index in [0.29, 0.717) is 18.1 Å². The lowest BCUT2D eigenvalue weighted by Gasteiger charge is -2.26. The molecule has 2 amide bonds. The summed E-state index contributed by atoms with van der Waals surface area (Å²) in [5.74, 6) is -0.686. The van der Waals surface area contributed by atoms with Gasteiger partial charge in [0.2, 0.25) is 12.6 Å². The van der Waals surface area contributed by atoms with Crippen LogP contribution >= 0.6 is 11.3 Å². The van der Waals surface area contributed by atoms with Crippen LogP contribution < -0.4 is 16.0 Å². The van der Waals surface area contributed by atoms with Gasteiger partial charge in [0.1, 0.15) is 11.6 Å². The molecule has 0 aliphatic heterocycles. The van der Waals surface area contributed by atoms with Crippen molar-refractivity contribution in [2.75, 3.05) is 18.5 Å². The monoisotopic (exact) mass is 415 g/mol. The zero-order valence-corrected chi connectivity index (χ0v) is 17.0. The van der Waals surface area contributed by atoms with Crippen molar-refractivity contribution in [1.82, 2.24) is 15.6 Å². The van der Waals surface area contributed by atoms with Crippen molar-refractivity contribution in [3.8, 4) is 0 Å². The Morgan fingerprint density at radius 2 is 2.14 bits per heavy atom. The molecule has 0 aliphatic carbocycles. The summed E-state index contributed by atoms with van der Waals surface area (Å²) < 4.78 is 5.23. The van der Waals surface area contributed by atoms with E-state index < -0.39 is 28.7 Å². The number of amides is 2. The van der Waals surface area contributed by atoms with Gasteiger partial charge in [-0.2, -0.15) is 0 Å². The second-order valence-corrected chi connectivity index (χ2v) is 7.74. The molecule has 0 bridgehead atoms. The molecule has 0 unspecified atom stereocenters. The van der Waals surface area contributed by atoms with Crippen LogP contribution in [0.3, 0.4) is 0 Å². The maximum absolute atomic E-state index is 12.6. The van der Waals surface area contributed by atoms with Gasteiger partial charge in [-0.3, -0.25) is 10.1 Å². The zero-order valence-electron chi connectivity index (χ0n) is 16.2. The average molecular weight is 415 g/mol. The van der Waals surface area contributed by atoms with E-state index in [1.165, 1.54) is 11.3 Å². The third-order valence-corrected chi connectivity index (χ3v) is 3.97. The number of rotatable bonds is 10. The summed E-state index contributed by atoms with van der Waals surface area (Å²) in [7, 11) is 0. The van der Waals surface area contributed by atoms with E-state index in [-0.39, 0.29) is 12.6 Å². The van der Waals surface area contributed by atoms with Gasteiger partial charge in [0.05, 0.1) is 10.1 Å². The molecule has 28 heavy (non-hydrogen) atoms. The van der Waals surface area contributed by atoms with Crippen LogP contribution in [0, 0.1) is 16.0 Å². The van der Waals surface area contributed by atoms with Crippen molar-refractivity contribution in [3.63, 3.8) is 0 Å². The topological polar surface area (TPSA) is 160 Å². The Kier molecular flexibility index (Phi) is 9.38. The molecule has 0 aliphatic rings. The maximum Gasteiger partial charge on any atom is 0.408 e. The smallest absolute Gasteiger partial charge is 0.408 e. The normalized spacial score (nSPS) is 13.7. The second-order valence-electron chi connectivity index (χ2n) is 6.84. The maximum atomic E-state index is 12.6. The molecule has 0 saturated heterocycles. The summed E-state index contributed by atoms with van der Waals surface area (Å²) in [5.41, 5.74) is -0.701. The minimum Gasteiger partial charge on any atom is -0.444 e. The third-order valence-electron chi connectivity index (χ3n) is 3.28. The summed E-state index contributed by atoms with van der Waals surface area (Å²) in [6.45, 7) is 7.36. The molecule has 0 aromatic carbocycles. The van der Waals surface area contributed by atoms with E-state index in [1.54, 1.807) is 39.3 Å². The largest absolute Gasteiger partial charge is 0.444 e. The molecule has 13 heteroatoms. The van der Waals surface area contributed by atoms with Crippen LogP contribution in [0.5, 0.6) is 0 Å². The SMILES string of the molecule is C[C@H](CCNC/N=N/[N+](=O)[O-])[C@H](NC(=O)OC(C)(C)C)C(=O)Nc1nccs1. The highest BCUT2D eigenvalue weighted by atomic mass is 32.1. The van der Waals surface area contributed by atoms with Gasteiger partial charge in [-0.25, -0.2) is 9.78 Å². The molecule has 2 atom stereocenters. The Labute approximate surface area is 166 Å². The highest BCUT2D eigenvalue weighted by Gasteiger charge is 2.29. The molecule has 12 nitrogen and oxygen atoms in total. The molecule has 3 N–H and O–H groups in total. The van der Waals surface area contributed by atoms with Crippen LogP contribution in [0.15, 0.2) is 21.9 Å². The lowest BCUT2D eigenvalue weighted by molar-refractivity contribution is -0.494. The number of nitrogens with zero attached hydrogens (tertiary/aromatic N) is 4. The molecular weight excluding hydrogens is 390 g/mol. The summed E-state index contributed by atoms with van der Waals surface area (Å²) in [6.07, 6.45) is 1.34. The van der Waals surface area contributed by atoms with Crippen LogP contribution in [0.2, 0.25) is 0 Å². The number of nitro groups is 1. The van der Waals surface area contributed by atoms with Gasteiger partial charge in [-0.15, -0.1) is 11.3 Å². The molecule has 156 valence electrons. The molecule has 0 saturated carbocycles. The molecular formula is C15H25N7O5S. The Morgan fingerprint density at radius 1 is 1.43 bits per heavy atom. The number of hydrogen-bond acceptors (Lipinski definition) is 9. The molecule has 1 aromatic rings. The Morgan fingerprint density at radius 3 is 2.71 bits per heavy atom. The van der Waals surface area contributed by atoms with Gasteiger partial charge in [0, 0.05) is 11.6 Å². The first kappa shape index (κ1) is 23.4. The summed E-state index contributed by atoms with van der Waals surface area (Å²) >= 11 is 1.26. The molecule has 1 heterocycles. The number of thiazole rings is 1. The van der Waals surface area contributed by atoms with Crippen molar-refractivity contribution in [2.45, 2.75) is 45.8 Å². The van der Waals surface area contributed by atoms with E-state index >= 15 is 0 Å². The molecule has 1 aromatic heterocycles. The summed E-state index contributed by atoms with van der Waals surface area (Å²) in [5, 5.41) is 25.5. The number of nitrogens with one attached hydrogen (secondary N) is 3. The molecule has 0 spiro atoms. The van der Waals surface area contributed by atoms with Crippen molar-refractivity contribution in [2.24, 2.45) is 16.3 Å².